The molecule has 0 aliphatic carbocycles. The zero-order chi connectivity index (χ0) is 21.5. The second kappa shape index (κ2) is 9.84. The Bertz CT molecular complexity index is 1030. The topological polar surface area (TPSA) is 84.5 Å². The smallest absolute Gasteiger partial charge is 0.341 e. The molecule has 0 spiro atoms. The SMILES string of the molecule is CCc1ccc(NC(=O)[C@H](C)OC(=O)c2ccccc2NC(=O)c2cccs2)cc1. The van der Waals surface area contributed by atoms with Crippen molar-refractivity contribution >= 4 is 40.5 Å². The van der Waals surface area contributed by atoms with Crippen molar-refractivity contribution in [2.24, 2.45) is 0 Å². The molecule has 2 N–H and O–H groups in total. The number of rotatable bonds is 7. The normalized spacial score (nSPS) is 11.4. The molecule has 3 rings (SSSR count). The first-order valence-corrected chi connectivity index (χ1v) is 10.4. The second-order valence-corrected chi connectivity index (χ2v) is 7.51. The first-order chi connectivity index (χ1) is 14.5. The quantitative estimate of drug-likeness (QED) is 0.538. The van der Waals surface area contributed by atoms with Crippen molar-refractivity contribution in [2.45, 2.75) is 26.4 Å². The van der Waals surface area contributed by atoms with Crippen LogP contribution in [0.15, 0.2) is 66.0 Å². The van der Waals surface area contributed by atoms with E-state index in [2.05, 4.69) is 17.6 Å². The van der Waals surface area contributed by atoms with Crippen molar-refractivity contribution in [3.05, 3.63) is 82.0 Å². The fraction of sp³-hybridized carbons (Fsp3) is 0.174. The Hall–Kier alpha value is -3.45. The predicted octanol–water partition coefficient (Wildman–Crippen LogP) is 4.75. The number of benzene rings is 2. The number of thiophene rings is 1. The molecular formula is C23H22N2O4S. The molecule has 2 aromatic carbocycles. The van der Waals surface area contributed by atoms with Gasteiger partial charge in [0.1, 0.15) is 0 Å². The summed E-state index contributed by atoms with van der Waals surface area (Å²) in [6.45, 7) is 3.55. The van der Waals surface area contributed by atoms with Gasteiger partial charge < -0.3 is 15.4 Å². The summed E-state index contributed by atoms with van der Waals surface area (Å²) in [5.74, 6) is -1.44. The molecule has 1 heterocycles. The molecule has 3 aromatic rings. The fourth-order valence-electron chi connectivity index (χ4n) is 2.71. The Morgan fingerprint density at radius 2 is 1.70 bits per heavy atom. The summed E-state index contributed by atoms with van der Waals surface area (Å²) in [6.07, 6.45) is -0.102. The maximum atomic E-state index is 12.6. The van der Waals surface area contributed by atoms with Crippen molar-refractivity contribution in [2.75, 3.05) is 10.6 Å². The number of nitrogens with one attached hydrogen (secondary N) is 2. The van der Waals surface area contributed by atoms with Crippen LogP contribution in [0.25, 0.3) is 0 Å². The van der Waals surface area contributed by atoms with Crippen molar-refractivity contribution in [1.29, 1.82) is 0 Å². The van der Waals surface area contributed by atoms with Crippen LogP contribution >= 0.6 is 11.3 Å². The minimum atomic E-state index is -1.01. The van der Waals surface area contributed by atoms with Crippen molar-refractivity contribution in [3.8, 4) is 0 Å². The second-order valence-electron chi connectivity index (χ2n) is 6.56. The van der Waals surface area contributed by atoms with E-state index < -0.39 is 18.0 Å². The Kier molecular flexibility index (Phi) is 6.98. The summed E-state index contributed by atoms with van der Waals surface area (Å²) in [6, 6.07) is 17.5. The van der Waals surface area contributed by atoms with Crippen LogP contribution in [-0.2, 0) is 16.0 Å². The highest BCUT2D eigenvalue weighted by Crippen LogP contribution is 2.20. The number of aryl methyl sites for hydroxylation is 1. The van der Waals surface area contributed by atoms with Gasteiger partial charge in [-0.25, -0.2) is 4.79 Å². The molecule has 6 nitrogen and oxygen atoms in total. The molecular weight excluding hydrogens is 400 g/mol. The molecule has 7 heteroatoms. The summed E-state index contributed by atoms with van der Waals surface area (Å²) < 4.78 is 5.33. The van der Waals surface area contributed by atoms with Gasteiger partial charge in [-0.15, -0.1) is 11.3 Å². The first-order valence-electron chi connectivity index (χ1n) is 9.52. The standard InChI is InChI=1S/C23H22N2O4S/c1-3-16-10-12-17(13-11-16)24-21(26)15(2)29-23(28)18-7-4-5-8-19(18)25-22(27)20-9-6-14-30-20/h4-15H,3H2,1-2H3,(H,24,26)(H,25,27)/t15-/m0/s1. The van der Waals surface area contributed by atoms with Gasteiger partial charge >= 0.3 is 5.97 Å². The van der Waals surface area contributed by atoms with Crippen LogP contribution in [0.4, 0.5) is 11.4 Å². The van der Waals surface area contributed by atoms with Gasteiger partial charge in [-0.1, -0.05) is 37.3 Å². The summed E-state index contributed by atoms with van der Waals surface area (Å²) in [7, 11) is 0. The van der Waals surface area contributed by atoms with E-state index in [0.29, 0.717) is 16.3 Å². The number of esters is 1. The lowest BCUT2D eigenvalue weighted by Crippen LogP contribution is -2.30. The van der Waals surface area contributed by atoms with E-state index in [-0.39, 0.29) is 11.5 Å². The zero-order valence-electron chi connectivity index (χ0n) is 16.7. The van der Waals surface area contributed by atoms with E-state index in [1.54, 1.807) is 53.9 Å². The van der Waals surface area contributed by atoms with Crippen molar-refractivity contribution < 1.29 is 19.1 Å². The minimum absolute atomic E-state index is 0.175. The van der Waals surface area contributed by atoms with E-state index in [4.69, 9.17) is 4.74 Å². The third-order valence-electron chi connectivity index (χ3n) is 4.42. The van der Waals surface area contributed by atoms with Gasteiger partial charge in [-0.05, 0) is 54.6 Å². The lowest BCUT2D eigenvalue weighted by molar-refractivity contribution is -0.123. The number of para-hydroxylation sites is 1. The molecule has 0 bridgehead atoms. The van der Waals surface area contributed by atoms with Gasteiger partial charge in [-0.3, -0.25) is 9.59 Å². The van der Waals surface area contributed by atoms with Crippen molar-refractivity contribution in [3.63, 3.8) is 0 Å². The molecule has 0 fully saturated rings. The monoisotopic (exact) mass is 422 g/mol. The molecule has 1 aromatic heterocycles. The number of hydrogen-bond donors (Lipinski definition) is 2. The number of carbonyl (C=O) groups is 3. The third-order valence-corrected chi connectivity index (χ3v) is 5.29. The number of carbonyl (C=O) groups excluding carboxylic acids is 3. The molecule has 0 saturated heterocycles. The van der Waals surface area contributed by atoms with E-state index in [9.17, 15) is 14.4 Å². The van der Waals surface area contributed by atoms with Crippen LogP contribution < -0.4 is 10.6 Å². The predicted molar refractivity (Wildman–Crippen MR) is 118 cm³/mol. The molecule has 0 radical (unpaired) electrons. The summed E-state index contributed by atoms with van der Waals surface area (Å²) in [4.78, 5) is 37.9. The summed E-state index contributed by atoms with van der Waals surface area (Å²) in [5.41, 5.74) is 2.29. The summed E-state index contributed by atoms with van der Waals surface area (Å²) in [5, 5.41) is 7.24. The largest absolute Gasteiger partial charge is 0.449 e. The number of anilines is 2. The number of amides is 2. The number of ether oxygens (including phenoxy) is 1. The molecule has 30 heavy (non-hydrogen) atoms. The Labute approximate surface area is 178 Å². The van der Waals surface area contributed by atoms with Crippen molar-refractivity contribution in [1.82, 2.24) is 0 Å². The Morgan fingerprint density at radius 1 is 0.967 bits per heavy atom. The molecule has 0 saturated carbocycles. The van der Waals surface area contributed by atoms with E-state index in [1.165, 1.54) is 18.3 Å². The first kappa shape index (κ1) is 21.3. The van der Waals surface area contributed by atoms with Crippen LogP contribution in [0.5, 0.6) is 0 Å². The van der Waals surface area contributed by atoms with Crippen LogP contribution in [0, 0.1) is 0 Å². The van der Waals surface area contributed by atoms with Gasteiger partial charge in [0.2, 0.25) is 0 Å². The minimum Gasteiger partial charge on any atom is -0.449 e. The highest BCUT2D eigenvalue weighted by atomic mass is 32.1. The molecule has 2 amide bonds. The molecule has 1 atom stereocenters. The van der Waals surface area contributed by atoms with Gasteiger partial charge in [-0.2, -0.15) is 0 Å². The van der Waals surface area contributed by atoms with Crippen LogP contribution in [0.2, 0.25) is 0 Å². The average Bonchev–Trinajstić information content (AvgIpc) is 3.29. The molecule has 0 aliphatic rings. The Morgan fingerprint density at radius 3 is 2.37 bits per heavy atom. The average molecular weight is 423 g/mol. The number of hydrogen-bond acceptors (Lipinski definition) is 5. The maximum Gasteiger partial charge on any atom is 0.341 e. The summed E-state index contributed by atoms with van der Waals surface area (Å²) >= 11 is 1.30. The maximum absolute atomic E-state index is 12.6. The zero-order valence-corrected chi connectivity index (χ0v) is 17.5. The van der Waals surface area contributed by atoms with E-state index in [0.717, 1.165) is 12.0 Å². The van der Waals surface area contributed by atoms with Gasteiger partial charge in [0.25, 0.3) is 11.8 Å². The fourth-order valence-corrected chi connectivity index (χ4v) is 3.33. The van der Waals surface area contributed by atoms with Crippen LogP contribution in [-0.4, -0.2) is 23.9 Å². The lowest BCUT2D eigenvalue weighted by atomic mass is 10.1. The highest BCUT2D eigenvalue weighted by molar-refractivity contribution is 7.12. The van der Waals surface area contributed by atoms with Gasteiger partial charge in [0.05, 0.1) is 16.1 Å². The molecule has 0 aliphatic heterocycles. The molecule has 0 unspecified atom stereocenters. The van der Waals surface area contributed by atoms with Gasteiger partial charge in [0.15, 0.2) is 6.10 Å². The molecule has 154 valence electrons. The van der Waals surface area contributed by atoms with E-state index in [1.807, 2.05) is 12.1 Å². The Balaban J connectivity index is 1.64. The van der Waals surface area contributed by atoms with Crippen LogP contribution in [0.1, 0.15) is 39.4 Å². The van der Waals surface area contributed by atoms with Crippen LogP contribution in [0.3, 0.4) is 0 Å². The van der Waals surface area contributed by atoms with E-state index >= 15 is 0 Å². The highest BCUT2D eigenvalue weighted by Gasteiger charge is 2.22. The van der Waals surface area contributed by atoms with Gasteiger partial charge in [0, 0.05) is 5.69 Å². The third kappa shape index (κ3) is 5.33. The lowest BCUT2D eigenvalue weighted by Gasteiger charge is -2.15.